The average molecular weight is 898 g/mol. The van der Waals surface area contributed by atoms with Gasteiger partial charge in [0.1, 0.15) is 12.7 Å². The van der Waals surface area contributed by atoms with Gasteiger partial charge in [0.25, 0.3) is 0 Å². The molecule has 358 valence electrons. The molecule has 2 atom stereocenters. The highest BCUT2D eigenvalue weighted by atomic mass is 31.2. The van der Waals surface area contributed by atoms with Crippen LogP contribution in [0.1, 0.15) is 181 Å². The Morgan fingerprint density at radius 3 is 1.38 bits per heavy atom. The summed E-state index contributed by atoms with van der Waals surface area (Å²) in [6.45, 7) is 3.34. The van der Waals surface area contributed by atoms with Crippen LogP contribution in [-0.2, 0) is 27.9 Å². The summed E-state index contributed by atoms with van der Waals surface area (Å²) in [5.74, 6) is -0.568. The number of allylic oxidation sites excluding steroid dienone is 18. The van der Waals surface area contributed by atoms with E-state index in [2.05, 4.69) is 129 Å². The second-order valence-electron chi connectivity index (χ2n) is 15.7. The van der Waals surface area contributed by atoms with Crippen LogP contribution in [0.25, 0.3) is 0 Å². The van der Waals surface area contributed by atoms with Crippen LogP contribution in [0.2, 0.25) is 0 Å². The lowest BCUT2D eigenvalue weighted by molar-refractivity contribution is -0.147. The molecule has 0 radical (unpaired) electrons. The Kier molecular flexibility index (Phi) is 45.6. The van der Waals surface area contributed by atoms with Gasteiger partial charge in [-0.15, -0.1) is 0 Å². The Bertz CT molecular complexity index is 1390. The molecule has 0 aliphatic rings. The van der Waals surface area contributed by atoms with Crippen LogP contribution in [0.4, 0.5) is 0 Å². The first-order chi connectivity index (χ1) is 30.8. The molecule has 9 nitrogen and oxygen atoms in total. The molecule has 0 bridgehead atoms. The standard InChI is InChI=1S/C53H88NO8P/c1-3-5-7-9-11-13-15-17-19-21-23-24-25-26-28-30-32-34-36-38-40-42-44-46-53(57)60-49-51(55)50-62-63(58,59)61-48-47-54-52(56)45-43-41-39-37-35-33-31-29-27-22-20-18-16-14-12-10-8-6-4-2/h6,8,11-14,17-20,23-24,26-29,33,35,51,55H,3-5,7,9-10,15-16,21-22,25,30-32,34,36-50H2,1-2H3,(H,54,56)(H,58,59)/b8-6-,13-11-,14-12-,19-17-,20-18-,24-23-,28-26-,29-27-,35-33-. The van der Waals surface area contributed by atoms with Crippen LogP contribution in [0, 0.1) is 0 Å². The van der Waals surface area contributed by atoms with E-state index in [0.717, 1.165) is 109 Å². The van der Waals surface area contributed by atoms with E-state index in [-0.39, 0.29) is 32.1 Å². The highest BCUT2D eigenvalue weighted by Gasteiger charge is 2.23. The third-order valence-corrected chi connectivity index (χ3v) is 10.7. The molecule has 0 fully saturated rings. The van der Waals surface area contributed by atoms with E-state index in [9.17, 15) is 24.2 Å². The van der Waals surface area contributed by atoms with E-state index < -0.39 is 26.5 Å². The van der Waals surface area contributed by atoms with Gasteiger partial charge >= 0.3 is 13.8 Å². The van der Waals surface area contributed by atoms with E-state index >= 15 is 0 Å². The number of aliphatic hydroxyl groups is 1. The first kappa shape index (κ1) is 59.7. The maximum atomic E-state index is 12.1. The van der Waals surface area contributed by atoms with Crippen molar-refractivity contribution in [3.63, 3.8) is 0 Å². The fourth-order valence-corrected chi connectivity index (χ4v) is 6.79. The van der Waals surface area contributed by atoms with Crippen molar-refractivity contribution >= 4 is 19.7 Å². The number of phosphoric ester groups is 1. The third kappa shape index (κ3) is 49.5. The predicted octanol–water partition coefficient (Wildman–Crippen LogP) is 14.3. The molecule has 0 spiro atoms. The number of aliphatic hydroxyl groups excluding tert-OH is 1. The summed E-state index contributed by atoms with van der Waals surface area (Å²) in [4.78, 5) is 34.0. The van der Waals surface area contributed by atoms with Crippen molar-refractivity contribution in [3.8, 4) is 0 Å². The maximum Gasteiger partial charge on any atom is 0.472 e. The number of amides is 1. The normalized spacial score (nSPS) is 14.2. The molecule has 0 rings (SSSR count). The van der Waals surface area contributed by atoms with Gasteiger partial charge in [0, 0.05) is 19.4 Å². The molecule has 0 aliphatic carbocycles. The van der Waals surface area contributed by atoms with Crippen molar-refractivity contribution < 1.29 is 37.9 Å². The number of unbranched alkanes of at least 4 members (excludes halogenated alkanes) is 13. The molecule has 0 aromatic carbocycles. The first-order valence-corrected chi connectivity index (χ1v) is 25.9. The van der Waals surface area contributed by atoms with Gasteiger partial charge in [0.05, 0.1) is 13.2 Å². The minimum absolute atomic E-state index is 0.0553. The highest BCUT2D eigenvalue weighted by molar-refractivity contribution is 7.47. The summed E-state index contributed by atoms with van der Waals surface area (Å²) in [5, 5.41) is 12.7. The molecule has 2 unspecified atom stereocenters. The predicted molar refractivity (Wildman–Crippen MR) is 265 cm³/mol. The molecular formula is C53H88NO8P. The Balaban J connectivity index is 3.68. The number of carbonyl (C=O) groups excluding carboxylic acids is 2. The number of esters is 1. The number of ether oxygens (including phenoxy) is 1. The van der Waals surface area contributed by atoms with Crippen LogP contribution < -0.4 is 5.32 Å². The summed E-state index contributed by atoms with van der Waals surface area (Å²) >= 11 is 0. The first-order valence-electron chi connectivity index (χ1n) is 24.4. The fourth-order valence-electron chi connectivity index (χ4n) is 6.04. The van der Waals surface area contributed by atoms with Crippen LogP contribution >= 0.6 is 7.82 Å². The maximum absolute atomic E-state index is 12.1. The lowest BCUT2D eigenvalue weighted by Gasteiger charge is -2.15. The Labute approximate surface area is 384 Å². The highest BCUT2D eigenvalue weighted by Crippen LogP contribution is 2.42. The largest absolute Gasteiger partial charge is 0.472 e. The number of phosphoric acid groups is 1. The second kappa shape index (κ2) is 48.1. The van der Waals surface area contributed by atoms with Crippen molar-refractivity contribution in [3.05, 3.63) is 109 Å². The third-order valence-electron chi connectivity index (χ3n) is 9.69. The van der Waals surface area contributed by atoms with Crippen molar-refractivity contribution in [1.29, 1.82) is 0 Å². The van der Waals surface area contributed by atoms with Gasteiger partial charge in [-0.25, -0.2) is 4.57 Å². The smallest absolute Gasteiger partial charge is 0.463 e. The van der Waals surface area contributed by atoms with E-state index in [1.165, 1.54) is 44.9 Å². The van der Waals surface area contributed by atoms with Crippen molar-refractivity contribution in [2.24, 2.45) is 0 Å². The van der Waals surface area contributed by atoms with E-state index in [0.29, 0.717) is 6.42 Å². The minimum Gasteiger partial charge on any atom is -0.463 e. The number of hydrogen-bond acceptors (Lipinski definition) is 7. The fraction of sp³-hybridized carbons (Fsp3) is 0.623. The van der Waals surface area contributed by atoms with Crippen molar-refractivity contribution in [1.82, 2.24) is 5.32 Å². The number of nitrogens with one attached hydrogen (secondary N) is 1. The van der Waals surface area contributed by atoms with E-state index in [1.54, 1.807) is 0 Å². The molecule has 0 aromatic rings. The summed E-state index contributed by atoms with van der Waals surface area (Å²) in [6.07, 6.45) is 64.5. The van der Waals surface area contributed by atoms with Crippen LogP contribution in [0.3, 0.4) is 0 Å². The van der Waals surface area contributed by atoms with Gasteiger partial charge in [0.15, 0.2) is 0 Å². The molecule has 3 N–H and O–H groups in total. The molecule has 63 heavy (non-hydrogen) atoms. The van der Waals surface area contributed by atoms with Crippen LogP contribution in [0.15, 0.2) is 109 Å². The molecule has 0 aromatic heterocycles. The van der Waals surface area contributed by atoms with Crippen molar-refractivity contribution in [2.45, 2.75) is 187 Å². The van der Waals surface area contributed by atoms with Crippen molar-refractivity contribution in [2.75, 3.05) is 26.4 Å². The summed E-state index contributed by atoms with van der Waals surface area (Å²) < 4.78 is 26.9. The second-order valence-corrected chi connectivity index (χ2v) is 17.1. The molecule has 1 amide bonds. The lowest BCUT2D eigenvalue weighted by Crippen LogP contribution is -2.27. The van der Waals surface area contributed by atoms with Gasteiger partial charge in [-0.3, -0.25) is 18.6 Å². The Morgan fingerprint density at radius 2 is 0.905 bits per heavy atom. The molecule has 0 aliphatic heterocycles. The molecule has 10 heteroatoms. The lowest BCUT2D eigenvalue weighted by atomic mass is 10.1. The summed E-state index contributed by atoms with van der Waals surface area (Å²) in [6, 6.07) is 0. The van der Waals surface area contributed by atoms with Crippen LogP contribution in [-0.4, -0.2) is 54.3 Å². The molecule has 0 saturated carbocycles. The molecule has 0 saturated heterocycles. The number of rotatable bonds is 44. The zero-order valence-electron chi connectivity index (χ0n) is 39.5. The van der Waals surface area contributed by atoms with Gasteiger partial charge in [-0.05, 0) is 103 Å². The Morgan fingerprint density at radius 1 is 0.508 bits per heavy atom. The SMILES string of the molecule is CC/C=C\C/C=C\C/C=C\C/C=C\C/C=C\CCCCCC(=O)NCCOP(=O)(O)OCC(O)COC(=O)CCCCCCCCC/C=C\C/C=C\C/C=C\C/C=C\CCCCC. The molecular weight excluding hydrogens is 810 g/mol. The quantitative estimate of drug-likeness (QED) is 0.0238. The molecule has 0 heterocycles. The van der Waals surface area contributed by atoms with Crippen LogP contribution in [0.5, 0.6) is 0 Å². The summed E-state index contributed by atoms with van der Waals surface area (Å²) in [5.41, 5.74) is 0. The minimum atomic E-state index is -4.44. The van der Waals surface area contributed by atoms with E-state index in [1.807, 2.05) is 0 Å². The zero-order chi connectivity index (χ0) is 46.0. The van der Waals surface area contributed by atoms with Gasteiger partial charge in [0.2, 0.25) is 5.91 Å². The summed E-state index contributed by atoms with van der Waals surface area (Å²) in [7, 11) is -4.44. The van der Waals surface area contributed by atoms with Gasteiger partial charge in [-0.1, -0.05) is 175 Å². The number of carbonyl (C=O) groups is 2. The van der Waals surface area contributed by atoms with Gasteiger partial charge < -0.3 is 20.1 Å². The van der Waals surface area contributed by atoms with E-state index in [4.69, 9.17) is 13.8 Å². The Hall–Kier alpha value is -3.33. The zero-order valence-corrected chi connectivity index (χ0v) is 40.4. The van der Waals surface area contributed by atoms with Gasteiger partial charge in [-0.2, -0.15) is 0 Å². The monoisotopic (exact) mass is 898 g/mol. The average Bonchev–Trinajstić information content (AvgIpc) is 3.27. The number of hydrogen-bond donors (Lipinski definition) is 3. The topological polar surface area (TPSA) is 131 Å².